The number of nitrogens with one attached hydrogen (secondary N) is 1. The Labute approximate surface area is 161 Å². The number of pyridine rings is 1. The summed E-state index contributed by atoms with van der Waals surface area (Å²) in [4.78, 5) is 12.5. The molecule has 4 heteroatoms. The van der Waals surface area contributed by atoms with Crippen LogP contribution in [0.4, 0.5) is 0 Å². The maximum atomic E-state index is 5.99. The first-order valence-corrected chi connectivity index (χ1v) is 9.89. The quantitative estimate of drug-likeness (QED) is 0.633. The molecule has 140 valence electrons. The van der Waals surface area contributed by atoms with Crippen molar-refractivity contribution in [3.05, 3.63) is 65.4 Å². The SMILES string of the molecule is Cc1ccc(COc2ccc(-c3cnc(C4CCCCC4)[nH]3)cc2C)cn1. The standard InChI is InChI=1S/C23H27N3O/c1-16-12-20(21-14-25-23(26-21)19-6-4-3-5-7-19)10-11-22(16)27-15-18-9-8-17(2)24-13-18/h8-14,19H,3-7,15H2,1-2H3,(H,25,26). The minimum Gasteiger partial charge on any atom is -0.489 e. The predicted octanol–water partition coefficient (Wildman–Crippen LogP) is 5.72. The first kappa shape index (κ1) is 17.8. The van der Waals surface area contributed by atoms with Crippen LogP contribution in [0.25, 0.3) is 11.3 Å². The van der Waals surface area contributed by atoms with Gasteiger partial charge in [-0.2, -0.15) is 0 Å². The maximum Gasteiger partial charge on any atom is 0.122 e. The van der Waals surface area contributed by atoms with Crippen LogP contribution in [-0.2, 0) is 6.61 Å². The molecule has 1 fully saturated rings. The molecule has 2 heterocycles. The number of rotatable bonds is 5. The fraction of sp³-hybridized carbons (Fsp3) is 0.391. The van der Waals surface area contributed by atoms with E-state index in [9.17, 15) is 0 Å². The molecule has 0 bridgehead atoms. The predicted molar refractivity (Wildman–Crippen MR) is 108 cm³/mol. The van der Waals surface area contributed by atoms with E-state index in [0.717, 1.165) is 39.7 Å². The Morgan fingerprint density at radius 1 is 1.00 bits per heavy atom. The van der Waals surface area contributed by atoms with Gasteiger partial charge in [-0.15, -0.1) is 0 Å². The molecule has 1 aliphatic carbocycles. The number of aromatic amines is 1. The van der Waals surface area contributed by atoms with Gasteiger partial charge in [0.25, 0.3) is 0 Å². The van der Waals surface area contributed by atoms with E-state index in [-0.39, 0.29) is 0 Å². The maximum absolute atomic E-state index is 5.99. The van der Waals surface area contributed by atoms with Gasteiger partial charge in [0.1, 0.15) is 18.2 Å². The van der Waals surface area contributed by atoms with E-state index in [1.165, 1.54) is 32.1 Å². The lowest BCUT2D eigenvalue weighted by Gasteiger charge is -2.19. The van der Waals surface area contributed by atoms with E-state index >= 15 is 0 Å². The molecule has 0 spiro atoms. The van der Waals surface area contributed by atoms with Crippen molar-refractivity contribution >= 4 is 0 Å². The molecule has 0 unspecified atom stereocenters. The number of nitrogens with zero attached hydrogens (tertiary/aromatic N) is 2. The summed E-state index contributed by atoms with van der Waals surface area (Å²) in [6.45, 7) is 4.61. The van der Waals surface area contributed by atoms with Gasteiger partial charge in [0.2, 0.25) is 0 Å². The van der Waals surface area contributed by atoms with Gasteiger partial charge in [-0.05, 0) is 56.5 Å². The molecule has 0 radical (unpaired) electrons. The average molecular weight is 361 g/mol. The second-order valence-corrected chi connectivity index (χ2v) is 7.59. The number of H-pyrrole nitrogens is 1. The third-order valence-corrected chi connectivity index (χ3v) is 5.44. The lowest BCUT2D eigenvalue weighted by atomic mass is 9.89. The van der Waals surface area contributed by atoms with Crippen molar-refractivity contribution in [2.45, 2.75) is 58.5 Å². The van der Waals surface area contributed by atoms with E-state index in [1.807, 2.05) is 31.5 Å². The molecular formula is C23H27N3O. The summed E-state index contributed by atoms with van der Waals surface area (Å²) in [5.41, 5.74) is 5.47. The fourth-order valence-electron chi connectivity index (χ4n) is 3.79. The number of ether oxygens (including phenoxy) is 1. The second-order valence-electron chi connectivity index (χ2n) is 7.59. The van der Waals surface area contributed by atoms with Gasteiger partial charge in [0.05, 0.1) is 11.9 Å². The Morgan fingerprint density at radius 2 is 1.85 bits per heavy atom. The molecule has 0 saturated heterocycles. The van der Waals surface area contributed by atoms with Crippen LogP contribution in [0.5, 0.6) is 5.75 Å². The van der Waals surface area contributed by atoms with Crippen molar-refractivity contribution in [3.63, 3.8) is 0 Å². The Balaban J connectivity index is 1.45. The van der Waals surface area contributed by atoms with E-state index < -0.39 is 0 Å². The number of aryl methyl sites for hydroxylation is 2. The largest absolute Gasteiger partial charge is 0.489 e. The highest BCUT2D eigenvalue weighted by molar-refractivity contribution is 5.61. The van der Waals surface area contributed by atoms with Crippen molar-refractivity contribution in [2.75, 3.05) is 0 Å². The first-order valence-electron chi connectivity index (χ1n) is 9.89. The summed E-state index contributed by atoms with van der Waals surface area (Å²) in [7, 11) is 0. The van der Waals surface area contributed by atoms with E-state index in [0.29, 0.717) is 12.5 Å². The highest BCUT2D eigenvalue weighted by Gasteiger charge is 2.18. The molecular weight excluding hydrogens is 334 g/mol. The lowest BCUT2D eigenvalue weighted by molar-refractivity contribution is 0.303. The summed E-state index contributed by atoms with van der Waals surface area (Å²) < 4.78 is 5.99. The topological polar surface area (TPSA) is 50.8 Å². The summed E-state index contributed by atoms with van der Waals surface area (Å²) in [6.07, 6.45) is 10.4. The van der Waals surface area contributed by atoms with Crippen LogP contribution in [0.1, 0.15) is 60.7 Å². The zero-order valence-electron chi connectivity index (χ0n) is 16.2. The van der Waals surface area contributed by atoms with Gasteiger partial charge >= 0.3 is 0 Å². The summed E-state index contributed by atoms with van der Waals surface area (Å²) >= 11 is 0. The zero-order chi connectivity index (χ0) is 18.6. The Kier molecular flexibility index (Phi) is 5.23. The Bertz CT molecular complexity index is 892. The van der Waals surface area contributed by atoms with Crippen LogP contribution in [0.2, 0.25) is 0 Å². The van der Waals surface area contributed by atoms with E-state index in [4.69, 9.17) is 4.74 Å². The van der Waals surface area contributed by atoms with Crippen LogP contribution in [0.15, 0.2) is 42.7 Å². The van der Waals surface area contributed by atoms with Gasteiger partial charge < -0.3 is 9.72 Å². The third kappa shape index (κ3) is 4.21. The average Bonchev–Trinajstić information content (AvgIpc) is 3.19. The number of imidazole rings is 1. The zero-order valence-corrected chi connectivity index (χ0v) is 16.2. The van der Waals surface area contributed by atoms with E-state index in [1.54, 1.807) is 0 Å². The number of aromatic nitrogens is 3. The number of hydrogen-bond donors (Lipinski definition) is 1. The molecule has 1 aromatic carbocycles. The molecule has 4 rings (SSSR count). The molecule has 1 saturated carbocycles. The first-order chi connectivity index (χ1) is 13.2. The molecule has 0 amide bonds. The van der Waals surface area contributed by atoms with Crippen LogP contribution < -0.4 is 4.74 Å². The monoisotopic (exact) mass is 361 g/mol. The van der Waals surface area contributed by atoms with Gasteiger partial charge in [-0.1, -0.05) is 25.3 Å². The van der Waals surface area contributed by atoms with Crippen molar-refractivity contribution in [1.29, 1.82) is 0 Å². The van der Waals surface area contributed by atoms with Crippen molar-refractivity contribution in [3.8, 4) is 17.0 Å². The smallest absolute Gasteiger partial charge is 0.122 e. The van der Waals surface area contributed by atoms with Crippen LogP contribution >= 0.6 is 0 Å². The van der Waals surface area contributed by atoms with Gasteiger partial charge in [-0.3, -0.25) is 4.98 Å². The number of hydrogen-bond acceptors (Lipinski definition) is 3. The molecule has 27 heavy (non-hydrogen) atoms. The van der Waals surface area contributed by atoms with Crippen LogP contribution in [0.3, 0.4) is 0 Å². The molecule has 2 aromatic heterocycles. The fourth-order valence-corrected chi connectivity index (χ4v) is 3.79. The number of benzene rings is 1. The Hall–Kier alpha value is -2.62. The normalized spacial score (nSPS) is 15.0. The van der Waals surface area contributed by atoms with Crippen LogP contribution in [-0.4, -0.2) is 15.0 Å². The molecule has 0 aliphatic heterocycles. The molecule has 1 N–H and O–H groups in total. The van der Waals surface area contributed by atoms with Crippen molar-refractivity contribution in [2.24, 2.45) is 0 Å². The van der Waals surface area contributed by atoms with E-state index in [2.05, 4.69) is 40.1 Å². The van der Waals surface area contributed by atoms with Crippen molar-refractivity contribution < 1.29 is 4.74 Å². The minimum absolute atomic E-state index is 0.531. The highest BCUT2D eigenvalue weighted by Crippen LogP contribution is 2.32. The lowest BCUT2D eigenvalue weighted by Crippen LogP contribution is -2.06. The summed E-state index contributed by atoms with van der Waals surface area (Å²) in [5.74, 6) is 2.65. The molecule has 3 aromatic rings. The van der Waals surface area contributed by atoms with Gasteiger partial charge in [0.15, 0.2) is 0 Å². The van der Waals surface area contributed by atoms with Crippen molar-refractivity contribution in [1.82, 2.24) is 15.0 Å². The molecule has 0 atom stereocenters. The summed E-state index contributed by atoms with van der Waals surface area (Å²) in [6, 6.07) is 10.4. The van der Waals surface area contributed by atoms with Gasteiger partial charge in [0, 0.05) is 28.9 Å². The highest BCUT2D eigenvalue weighted by atomic mass is 16.5. The van der Waals surface area contributed by atoms with Crippen LogP contribution in [0, 0.1) is 13.8 Å². The molecule has 1 aliphatic rings. The summed E-state index contributed by atoms with van der Waals surface area (Å²) in [5, 5.41) is 0. The Morgan fingerprint density at radius 3 is 2.59 bits per heavy atom. The molecule has 4 nitrogen and oxygen atoms in total. The third-order valence-electron chi connectivity index (χ3n) is 5.44. The second kappa shape index (κ2) is 7.95. The van der Waals surface area contributed by atoms with Gasteiger partial charge in [-0.25, -0.2) is 4.98 Å². The minimum atomic E-state index is 0.531.